The van der Waals surface area contributed by atoms with Gasteiger partial charge < -0.3 is 15.1 Å². The fourth-order valence-electron chi connectivity index (χ4n) is 5.32. The van der Waals surface area contributed by atoms with E-state index in [1.165, 1.54) is 12.5 Å². The summed E-state index contributed by atoms with van der Waals surface area (Å²) in [5.74, 6) is 0.364. The molecule has 176 valence electrons. The van der Waals surface area contributed by atoms with Gasteiger partial charge >= 0.3 is 0 Å². The number of nitrogens with zero attached hydrogens (tertiary/aromatic N) is 5. The van der Waals surface area contributed by atoms with Gasteiger partial charge in [0.25, 0.3) is 11.5 Å². The number of para-hydroxylation sites is 1. The van der Waals surface area contributed by atoms with Crippen LogP contribution >= 0.6 is 0 Å². The van der Waals surface area contributed by atoms with E-state index in [2.05, 4.69) is 21.9 Å². The predicted octanol–water partition coefficient (Wildman–Crippen LogP) is 4.32. The van der Waals surface area contributed by atoms with Crippen molar-refractivity contribution < 1.29 is 4.79 Å². The molecule has 2 aromatic heterocycles. The summed E-state index contributed by atoms with van der Waals surface area (Å²) in [5.41, 5.74) is 3.87. The minimum absolute atomic E-state index is 0.0453. The maximum atomic E-state index is 14.1. The third-order valence-corrected chi connectivity index (χ3v) is 6.97. The van der Waals surface area contributed by atoms with Crippen LogP contribution in [0.4, 0.5) is 23.0 Å². The number of amides is 1. The minimum Gasteiger partial charge on any atom is -0.357 e. The van der Waals surface area contributed by atoms with E-state index in [1.54, 1.807) is 18.1 Å². The zero-order valence-electron chi connectivity index (χ0n) is 19.8. The first-order valence-corrected chi connectivity index (χ1v) is 11.9. The number of fused-ring (bicyclic) bond motifs is 2. The Hall–Kier alpha value is -3.68. The molecule has 8 nitrogen and oxygen atoms in total. The smallest absolute Gasteiger partial charge is 0.276 e. The molecule has 3 heterocycles. The van der Waals surface area contributed by atoms with Crippen molar-refractivity contribution in [3.8, 4) is 0 Å². The lowest BCUT2D eigenvalue weighted by molar-refractivity contribution is -0.114. The van der Waals surface area contributed by atoms with Gasteiger partial charge in [0.2, 0.25) is 5.95 Å². The number of pyridine rings is 1. The third-order valence-electron chi connectivity index (χ3n) is 6.97. The highest BCUT2D eigenvalue weighted by atomic mass is 16.2. The zero-order valence-corrected chi connectivity index (χ0v) is 19.8. The van der Waals surface area contributed by atoms with Crippen molar-refractivity contribution in [2.24, 2.45) is 0 Å². The molecule has 1 amide bonds. The number of hydrogen-bond donors (Lipinski definition) is 1. The molecule has 3 aromatic rings. The Morgan fingerprint density at radius 1 is 1.18 bits per heavy atom. The van der Waals surface area contributed by atoms with Crippen LogP contribution in [-0.2, 0) is 4.79 Å². The van der Waals surface area contributed by atoms with E-state index in [-0.39, 0.29) is 17.5 Å². The van der Waals surface area contributed by atoms with Crippen LogP contribution in [0.2, 0.25) is 0 Å². The highest BCUT2D eigenvalue weighted by Crippen LogP contribution is 2.40. The van der Waals surface area contributed by atoms with Crippen LogP contribution in [0.1, 0.15) is 43.7 Å². The van der Waals surface area contributed by atoms with Crippen molar-refractivity contribution in [2.45, 2.75) is 45.1 Å². The van der Waals surface area contributed by atoms with Gasteiger partial charge in [-0.1, -0.05) is 38.0 Å². The van der Waals surface area contributed by atoms with Gasteiger partial charge in [0.15, 0.2) is 0 Å². The van der Waals surface area contributed by atoms with Crippen molar-refractivity contribution in [3.63, 3.8) is 0 Å². The van der Waals surface area contributed by atoms with Crippen LogP contribution in [0, 0.1) is 6.92 Å². The normalized spacial score (nSPS) is 16.4. The molecule has 2 aliphatic rings. The maximum Gasteiger partial charge on any atom is 0.276 e. The maximum absolute atomic E-state index is 14.1. The predicted molar refractivity (Wildman–Crippen MR) is 136 cm³/mol. The Labute approximate surface area is 198 Å². The molecule has 8 heteroatoms. The molecule has 1 aliphatic heterocycles. The van der Waals surface area contributed by atoms with E-state index in [1.807, 2.05) is 40.7 Å². The number of aryl methyl sites for hydroxylation is 1. The summed E-state index contributed by atoms with van der Waals surface area (Å²) in [5, 5.41) is 3.82. The average molecular weight is 459 g/mol. The molecule has 0 spiro atoms. The standard InChI is InChI=1S/C26H30N6O2/c1-4-22(33)31-14-13-30(20-12-8-9-17(2)23(20)31)21-15-18-16-28-26(27-3)29-24(18)32(25(21)34)19-10-6-5-7-11-19/h4,8-9,12,15-16,19H,1,5-7,10-11,13-14H2,2-3H3,(H,27,28,29). The lowest BCUT2D eigenvalue weighted by Gasteiger charge is -2.38. The number of carbonyl (C=O) groups is 1. The van der Waals surface area contributed by atoms with E-state index >= 15 is 0 Å². The summed E-state index contributed by atoms with van der Waals surface area (Å²) >= 11 is 0. The quantitative estimate of drug-likeness (QED) is 0.587. The summed E-state index contributed by atoms with van der Waals surface area (Å²) in [6, 6.07) is 7.93. The van der Waals surface area contributed by atoms with Gasteiger partial charge in [0.1, 0.15) is 11.3 Å². The monoisotopic (exact) mass is 458 g/mol. The molecule has 1 aliphatic carbocycles. The second kappa shape index (κ2) is 8.93. The van der Waals surface area contributed by atoms with Crippen LogP contribution in [0.15, 0.2) is 47.9 Å². The van der Waals surface area contributed by atoms with Gasteiger partial charge in [-0.15, -0.1) is 0 Å². The summed E-state index contributed by atoms with van der Waals surface area (Å²) in [4.78, 5) is 39.6. The molecular weight excluding hydrogens is 428 g/mol. The van der Waals surface area contributed by atoms with E-state index in [0.29, 0.717) is 30.4 Å². The summed E-state index contributed by atoms with van der Waals surface area (Å²) in [6.07, 6.45) is 8.48. The Balaban J connectivity index is 1.72. The SMILES string of the molecule is C=CC(=O)N1CCN(c2cc3cnc(NC)nc3n(C3CCCCC3)c2=O)c2cccc(C)c21. The molecule has 1 saturated carbocycles. The van der Waals surface area contributed by atoms with Crippen molar-refractivity contribution in [2.75, 3.05) is 35.3 Å². The number of aromatic nitrogens is 3. The molecule has 0 unspecified atom stereocenters. The first-order chi connectivity index (χ1) is 16.5. The van der Waals surface area contributed by atoms with Crippen LogP contribution in [0.25, 0.3) is 11.0 Å². The molecule has 5 rings (SSSR count). The molecular formula is C26H30N6O2. The van der Waals surface area contributed by atoms with Gasteiger partial charge in [0, 0.05) is 37.8 Å². The number of benzene rings is 1. The number of nitrogens with one attached hydrogen (secondary N) is 1. The highest BCUT2D eigenvalue weighted by molar-refractivity contribution is 6.05. The Bertz CT molecular complexity index is 1320. The molecule has 34 heavy (non-hydrogen) atoms. The summed E-state index contributed by atoms with van der Waals surface area (Å²) in [7, 11) is 1.78. The Morgan fingerprint density at radius 2 is 1.97 bits per heavy atom. The second-order valence-electron chi connectivity index (χ2n) is 9.01. The number of carbonyl (C=O) groups excluding carboxylic acids is 1. The number of rotatable bonds is 4. The zero-order chi connectivity index (χ0) is 23.8. The number of anilines is 4. The molecule has 0 saturated heterocycles. The minimum atomic E-state index is -0.138. The topological polar surface area (TPSA) is 83.4 Å². The van der Waals surface area contributed by atoms with Crippen molar-refractivity contribution in [1.29, 1.82) is 0 Å². The molecule has 0 radical (unpaired) electrons. The van der Waals surface area contributed by atoms with Crippen LogP contribution in [0.5, 0.6) is 0 Å². The molecule has 0 atom stereocenters. The molecule has 1 N–H and O–H groups in total. The van der Waals surface area contributed by atoms with Crippen LogP contribution in [0.3, 0.4) is 0 Å². The number of hydrogen-bond acceptors (Lipinski definition) is 6. The largest absolute Gasteiger partial charge is 0.357 e. The molecule has 1 aromatic carbocycles. The van der Waals surface area contributed by atoms with Crippen LogP contribution in [-0.4, -0.2) is 40.6 Å². The van der Waals surface area contributed by atoms with Gasteiger partial charge in [0.05, 0.1) is 11.4 Å². The van der Waals surface area contributed by atoms with Gasteiger partial charge in [-0.3, -0.25) is 14.2 Å². The average Bonchev–Trinajstić information content (AvgIpc) is 2.87. The second-order valence-corrected chi connectivity index (χ2v) is 9.01. The fourth-order valence-corrected chi connectivity index (χ4v) is 5.32. The van der Waals surface area contributed by atoms with Gasteiger partial charge in [-0.25, -0.2) is 4.98 Å². The van der Waals surface area contributed by atoms with Crippen LogP contribution < -0.4 is 20.7 Å². The van der Waals surface area contributed by atoms with Gasteiger partial charge in [-0.2, -0.15) is 4.98 Å². The first-order valence-electron chi connectivity index (χ1n) is 11.9. The molecule has 0 bridgehead atoms. The highest BCUT2D eigenvalue weighted by Gasteiger charge is 2.31. The van der Waals surface area contributed by atoms with Crippen molar-refractivity contribution in [1.82, 2.24) is 14.5 Å². The van der Waals surface area contributed by atoms with E-state index in [0.717, 1.165) is 48.0 Å². The molecule has 1 fully saturated rings. The lowest BCUT2D eigenvalue weighted by atomic mass is 9.95. The van der Waals surface area contributed by atoms with Crippen molar-refractivity contribution >= 4 is 40.0 Å². The Morgan fingerprint density at radius 3 is 2.71 bits per heavy atom. The third kappa shape index (κ3) is 3.63. The lowest BCUT2D eigenvalue weighted by Crippen LogP contribution is -2.44. The van der Waals surface area contributed by atoms with Gasteiger partial charge in [-0.05, 0) is 43.5 Å². The first kappa shape index (κ1) is 22.1. The Kier molecular flexibility index (Phi) is 5.81. The van der Waals surface area contributed by atoms with E-state index in [9.17, 15) is 9.59 Å². The van der Waals surface area contributed by atoms with E-state index in [4.69, 9.17) is 0 Å². The van der Waals surface area contributed by atoms with Crippen molar-refractivity contribution in [3.05, 3.63) is 59.0 Å². The summed E-state index contributed by atoms with van der Waals surface area (Å²) in [6.45, 7) is 6.63. The fraction of sp³-hybridized carbons (Fsp3) is 0.385. The summed E-state index contributed by atoms with van der Waals surface area (Å²) < 4.78 is 1.89. The van der Waals surface area contributed by atoms with E-state index < -0.39 is 0 Å².